The summed E-state index contributed by atoms with van der Waals surface area (Å²) in [5.74, 6) is 1.70. The highest BCUT2D eigenvalue weighted by molar-refractivity contribution is 7.80. The van der Waals surface area contributed by atoms with Crippen molar-refractivity contribution in [1.82, 2.24) is 9.97 Å². The van der Waals surface area contributed by atoms with Gasteiger partial charge in [-0.1, -0.05) is 12.1 Å². The Balaban J connectivity index is 1.91. The summed E-state index contributed by atoms with van der Waals surface area (Å²) in [5, 5.41) is 3.26. The molecule has 0 aliphatic heterocycles. The van der Waals surface area contributed by atoms with Gasteiger partial charge in [-0.25, -0.2) is 4.98 Å². The van der Waals surface area contributed by atoms with Crippen LogP contribution in [0.25, 0.3) is 11.3 Å². The minimum atomic E-state index is 0.218. The Morgan fingerprint density at radius 2 is 1.79 bits per heavy atom. The molecule has 0 spiro atoms. The van der Waals surface area contributed by atoms with Crippen LogP contribution >= 0.6 is 12.6 Å². The molecule has 5 nitrogen and oxygen atoms in total. The number of nitrogen functional groups attached to an aromatic ring is 1. The molecule has 1 aromatic heterocycles. The molecule has 0 saturated heterocycles. The predicted octanol–water partition coefficient (Wildman–Crippen LogP) is 4.08. The minimum absolute atomic E-state index is 0.218. The van der Waals surface area contributed by atoms with Gasteiger partial charge in [0.1, 0.15) is 11.6 Å². The lowest BCUT2D eigenvalue weighted by Crippen LogP contribution is -2.01. The molecule has 6 heteroatoms. The number of anilines is 3. The quantitative estimate of drug-likeness (QED) is 0.625. The van der Waals surface area contributed by atoms with Crippen molar-refractivity contribution in [2.45, 2.75) is 11.8 Å². The SMILES string of the molecule is COc1ccc(Nc2cc(-c3ccc(S)cc3)nc(N)n2)cc1C. The maximum absolute atomic E-state index is 5.86. The molecule has 0 aliphatic rings. The molecule has 24 heavy (non-hydrogen) atoms. The van der Waals surface area contributed by atoms with Gasteiger partial charge >= 0.3 is 0 Å². The van der Waals surface area contributed by atoms with Crippen LogP contribution in [-0.2, 0) is 0 Å². The Labute approximate surface area is 146 Å². The molecular formula is C18H18N4OS. The molecule has 3 aromatic rings. The number of nitrogens with two attached hydrogens (primary N) is 1. The molecule has 0 radical (unpaired) electrons. The molecular weight excluding hydrogens is 320 g/mol. The summed E-state index contributed by atoms with van der Waals surface area (Å²) in [7, 11) is 1.66. The number of nitrogens with one attached hydrogen (secondary N) is 1. The number of benzene rings is 2. The second kappa shape index (κ2) is 6.80. The number of hydrogen-bond donors (Lipinski definition) is 3. The van der Waals surface area contributed by atoms with Gasteiger partial charge < -0.3 is 15.8 Å². The molecule has 0 amide bonds. The average Bonchev–Trinajstić information content (AvgIpc) is 2.55. The lowest BCUT2D eigenvalue weighted by Gasteiger charge is -2.11. The molecule has 0 atom stereocenters. The lowest BCUT2D eigenvalue weighted by molar-refractivity contribution is 0.412. The third-order valence-electron chi connectivity index (χ3n) is 3.57. The summed E-state index contributed by atoms with van der Waals surface area (Å²) in [6, 6.07) is 15.4. The molecule has 0 fully saturated rings. The summed E-state index contributed by atoms with van der Waals surface area (Å²) in [6.07, 6.45) is 0. The Bertz CT molecular complexity index is 865. The first kappa shape index (κ1) is 16.1. The van der Waals surface area contributed by atoms with E-state index >= 15 is 0 Å². The van der Waals surface area contributed by atoms with Gasteiger partial charge in [0.2, 0.25) is 5.95 Å². The van der Waals surface area contributed by atoms with Crippen LogP contribution in [0, 0.1) is 6.92 Å². The Morgan fingerprint density at radius 3 is 2.46 bits per heavy atom. The van der Waals surface area contributed by atoms with E-state index in [1.165, 1.54) is 0 Å². The zero-order chi connectivity index (χ0) is 17.1. The second-order valence-electron chi connectivity index (χ2n) is 5.35. The first-order valence-electron chi connectivity index (χ1n) is 7.41. The summed E-state index contributed by atoms with van der Waals surface area (Å²) in [4.78, 5) is 9.45. The molecule has 3 rings (SSSR count). The van der Waals surface area contributed by atoms with E-state index in [9.17, 15) is 0 Å². The molecule has 0 bridgehead atoms. The maximum Gasteiger partial charge on any atom is 0.222 e. The van der Waals surface area contributed by atoms with Crippen LogP contribution in [0.1, 0.15) is 5.56 Å². The fraction of sp³-hybridized carbons (Fsp3) is 0.111. The number of hydrogen-bond acceptors (Lipinski definition) is 6. The van der Waals surface area contributed by atoms with Gasteiger partial charge in [0.15, 0.2) is 0 Å². The van der Waals surface area contributed by atoms with Crippen molar-refractivity contribution in [2.75, 3.05) is 18.2 Å². The smallest absolute Gasteiger partial charge is 0.222 e. The molecule has 2 aromatic carbocycles. The average molecular weight is 338 g/mol. The number of rotatable bonds is 4. The van der Waals surface area contributed by atoms with Crippen molar-refractivity contribution in [3.63, 3.8) is 0 Å². The van der Waals surface area contributed by atoms with Gasteiger partial charge in [-0.15, -0.1) is 12.6 Å². The summed E-state index contributed by atoms with van der Waals surface area (Å²) >= 11 is 4.30. The van der Waals surface area contributed by atoms with Gasteiger partial charge in [0.25, 0.3) is 0 Å². The van der Waals surface area contributed by atoms with E-state index in [4.69, 9.17) is 10.5 Å². The van der Waals surface area contributed by atoms with Gasteiger partial charge in [-0.2, -0.15) is 4.98 Å². The minimum Gasteiger partial charge on any atom is -0.496 e. The number of aryl methyl sites for hydroxylation is 1. The van der Waals surface area contributed by atoms with Crippen molar-refractivity contribution in [2.24, 2.45) is 0 Å². The fourth-order valence-electron chi connectivity index (χ4n) is 2.41. The zero-order valence-electron chi connectivity index (χ0n) is 13.4. The fourth-order valence-corrected chi connectivity index (χ4v) is 2.56. The van der Waals surface area contributed by atoms with Crippen LogP contribution in [0.5, 0.6) is 5.75 Å². The van der Waals surface area contributed by atoms with Crippen molar-refractivity contribution >= 4 is 30.1 Å². The Kier molecular flexibility index (Phi) is 4.57. The highest BCUT2D eigenvalue weighted by Crippen LogP contribution is 2.26. The van der Waals surface area contributed by atoms with Crippen LogP contribution in [0.2, 0.25) is 0 Å². The van der Waals surface area contributed by atoms with E-state index in [0.717, 1.165) is 33.2 Å². The van der Waals surface area contributed by atoms with E-state index in [1.54, 1.807) is 7.11 Å². The zero-order valence-corrected chi connectivity index (χ0v) is 14.3. The highest BCUT2D eigenvalue weighted by Gasteiger charge is 2.07. The first-order chi connectivity index (χ1) is 11.5. The number of methoxy groups -OCH3 is 1. The van der Waals surface area contributed by atoms with Crippen LogP contribution in [-0.4, -0.2) is 17.1 Å². The molecule has 3 N–H and O–H groups in total. The van der Waals surface area contributed by atoms with Crippen molar-refractivity contribution < 1.29 is 4.74 Å². The predicted molar refractivity (Wildman–Crippen MR) is 100 cm³/mol. The number of thiol groups is 1. The summed E-state index contributed by atoms with van der Waals surface area (Å²) in [6.45, 7) is 1.99. The van der Waals surface area contributed by atoms with Crippen LogP contribution < -0.4 is 15.8 Å². The largest absolute Gasteiger partial charge is 0.496 e. The third-order valence-corrected chi connectivity index (χ3v) is 3.87. The first-order valence-corrected chi connectivity index (χ1v) is 7.85. The lowest BCUT2D eigenvalue weighted by atomic mass is 10.1. The van der Waals surface area contributed by atoms with Crippen LogP contribution in [0.15, 0.2) is 53.4 Å². The number of aromatic nitrogens is 2. The van der Waals surface area contributed by atoms with E-state index in [-0.39, 0.29) is 5.95 Å². The topological polar surface area (TPSA) is 73.1 Å². The molecule has 0 aliphatic carbocycles. The van der Waals surface area contributed by atoms with Crippen LogP contribution in [0.3, 0.4) is 0 Å². The molecule has 1 heterocycles. The van der Waals surface area contributed by atoms with Gasteiger partial charge in [-0.3, -0.25) is 0 Å². The highest BCUT2D eigenvalue weighted by atomic mass is 32.1. The monoisotopic (exact) mass is 338 g/mol. The number of nitrogens with zero attached hydrogens (tertiary/aromatic N) is 2. The van der Waals surface area contributed by atoms with E-state index in [1.807, 2.05) is 55.5 Å². The Hall–Kier alpha value is -2.73. The van der Waals surface area contributed by atoms with E-state index in [2.05, 4.69) is 27.9 Å². The van der Waals surface area contributed by atoms with E-state index in [0.29, 0.717) is 5.82 Å². The molecule has 0 unspecified atom stereocenters. The Morgan fingerprint density at radius 1 is 1.04 bits per heavy atom. The van der Waals surface area contributed by atoms with E-state index < -0.39 is 0 Å². The van der Waals surface area contributed by atoms with Crippen molar-refractivity contribution in [3.05, 3.63) is 54.1 Å². The summed E-state index contributed by atoms with van der Waals surface area (Å²) in [5.41, 5.74) is 9.51. The molecule has 0 saturated carbocycles. The number of ether oxygens (including phenoxy) is 1. The van der Waals surface area contributed by atoms with Crippen molar-refractivity contribution in [1.29, 1.82) is 0 Å². The van der Waals surface area contributed by atoms with Crippen molar-refractivity contribution in [3.8, 4) is 17.0 Å². The normalized spacial score (nSPS) is 10.5. The van der Waals surface area contributed by atoms with Gasteiger partial charge in [0, 0.05) is 22.2 Å². The van der Waals surface area contributed by atoms with Gasteiger partial charge in [-0.05, 0) is 42.8 Å². The second-order valence-corrected chi connectivity index (χ2v) is 5.87. The third kappa shape index (κ3) is 3.60. The van der Waals surface area contributed by atoms with Gasteiger partial charge in [0.05, 0.1) is 12.8 Å². The maximum atomic E-state index is 5.86. The van der Waals surface area contributed by atoms with Crippen LogP contribution in [0.4, 0.5) is 17.5 Å². The standard InChI is InChI=1S/C18H18N4OS/c1-11-9-13(5-8-16(11)23-2)20-17-10-15(21-18(19)22-17)12-3-6-14(24)7-4-12/h3-10,24H,1-2H3,(H3,19,20,21,22). The summed E-state index contributed by atoms with van der Waals surface area (Å²) < 4.78 is 5.28. The molecule has 122 valence electrons.